The molecule has 0 radical (unpaired) electrons. The van der Waals surface area contributed by atoms with Gasteiger partial charge >= 0.3 is 5.69 Å². The summed E-state index contributed by atoms with van der Waals surface area (Å²) in [6.45, 7) is 4.00. The minimum atomic E-state index is -0.580. The van der Waals surface area contributed by atoms with Crippen molar-refractivity contribution in [2.24, 2.45) is 0 Å². The maximum atomic E-state index is 12.4. The summed E-state index contributed by atoms with van der Waals surface area (Å²) in [5.74, 6) is 0.681. The number of hydrogen-bond donors (Lipinski definition) is 1. The summed E-state index contributed by atoms with van der Waals surface area (Å²) >= 11 is 0. The Kier molecular flexibility index (Phi) is 5.33. The van der Waals surface area contributed by atoms with Gasteiger partial charge in [-0.25, -0.2) is 4.79 Å². The van der Waals surface area contributed by atoms with E-state index in [1.54, 1.807) is 13.1 Å². The molecule has 0 bridgehead atoms. The second-order valence-electron chi connectivity index (χ2n) is 7.55. The number of benzene rings is 1. The van der Waals surface area contributed by atoms with Gasteiger partial charge in [0.15, 0.2) is 0 Å². The zero-order valence-corrected chi connectivity index (χ0v) is 16.3. The minimum absolute atomic E-state index is 0.302. The van der Waals surface area contributed by atoms with E-state index in [9.17, 15) is 9.90 Å². The maximum absolute atomic E-state index is 12.4. The van der Waals surface area contributed by atoms with Crippen molar-refractivity contribution in [2.75, 3.05) is 0 Å². The van der Waals surface area contributed by atoms with Crippen LogP contribution in [0, 0.1) is 0 Å². The van der Waals surface area contributed by atoms with Gasteiger partial charge in [-0.3, -0.25) is 4.57 Å². The average Bonchev–Trinajstić information content (AvgIpc) is 3.24. The SMILES string of the molecule is CCCCCc1ccc(-c2cc3cn(C4C[C@@H](O)C(C)O4)c(=O)nc3o2)cc1. The summed E-state index contributed by atoms with van der Waals surface area (Å²) in [5.41, 5.74) is 2.15. The van der Waals surface area contributed by atoms with E-state index in [4.69, 9.17) is 9.15 Å². The lowest BCUT2D eigenvalue weighted by Crippen LogP contribution is -2.26. The fourth-order valence-corrected chi connectivity index (χ4v) is 3.66. The number of ether oxygens (including phenoxy) is 1. The molecular weight excluding hydrogens is 356 g/mol. The Morgan fingerprint density at radius 2 is 2.04 bits per heavy atom. The van der Waals surface area contributed by atoms with Crippen LogP contribution in [0.1, 0.15) is 51.3 Å². The van der Waals surface area contributed by atoms with Gasteiger partial charge in [0.2, 0.25) is 5.71 Å². The molecule has 3 atom stereocenters. The van der Waals surface area contributed by atoms with Gasteiger partial charge in [0.05, 0.1) is 17.6 Å². The van der Waals surface area contributed by atoms with Crippen LogP contribution in [0.2, 0.25) is 0 Å². The number of furan rings is 1. The van der Waals surface area contributed by atoms with Gasteiger partial charge in [0, 0.05) is 18.2 Å². The first-order valence-electron chi connectivity index (χ1n) is 10.0. The van der Waals surface area contributed by atoms with Crippen LogP contribution in [0.5, 0.6) is 0 Å². The molecule has 2 unspecified atom stereocenters. The van der Waals surface area contributed by atoms with Gasteiger partial charge in [-0.2, -0.15) is 4.98 Å². The predicted molar refractivity (Wildman–Crippen MR) is 107 cm³/mol. The largest absolute Gasteiger partial charge is 0.437 e. The monoisotopic (exact) mass is 382 g/mol. The molecule has 4 rings (SSSR count). The van der Waals surface area contributed by atoms with Gasteiger partial charge in [0.1, 0.15) is 12.0 Å². The molecule has 0 aliphatic carbocycles. The lowest BCUT2D eigenvalue weighted by atomic mass is 10.0. The number of aliphatic hydroxyl groups is 1. The van der Waals surface area contributed by atoms with Gasteiger partial charge in [0.25, 0.3) is 0 Å². The van der Waals surface area contributed by atoms with Crippen molar-refractivity contribution in [3.8, 4) is 11.3 Å². The van der Waals surface area contributed by atoms with E-state index in [0.717, 1.165) is 17.4 Å². The third-order valence-electron chi connectivity index (χ3n) is 5.41. The van der Waals surface area contributed by atoms with Crippen LogP contribution in [-0.4, -0.2) is 26.9 Å². The summed E-state index contributed by atoms with van der Waals surface area (Å²) < 4.78 is 12.9. The Morgan fingerprint density at radius 3 is 2.71 bits per heavy atom. The maximum Gasteiger partial charge on any atom is 0.353 e. The number of aromatic nitrogens is 2. The van der Waals surface area contributed by atoms with Crippen molar-refractivity contribution < 1.29 is 14.3 Å². The number of nitrogens with zero attached hydrogens (tertiary/aromatic N) is 2. The second kappa shape index (κ2) is 7.89. The first-order valence-corrected chi connectivity index (χ1v) is 10.0. The molecule has 28 heavy (non-hydrogen) atoms. The topological polar surface area (TPSA) is 77.5 Å². The van der Waals surface area contributed by atoms with Crippen molar-refractivity contribution in [1.82, 2.24) is 9.55 Å². The Morgan fingerprint density at radius 1 is 1.25 bits per heavy atom. The van der Waals surface area contributed by atoms with Crippen LogP contribution >= 0.6 is 0 Å². The summed E-state index contributed by atoms with van der Waals surface area (Å²) in [6.07, 6.45) is 5.44. The second-order valence-corrected chi connectivity index (χ2v) is 7.55. The van der Waals surface area contributed by atoms with Crippen LogP contribution in [-0.2, 0) is 11.2 Å². The fraction of sp³-hybridized carbons (Fsp3) is 0.455. The molecule has 1 aliphatic heterocycles. The van der Waals surface area contributed by atoms with Crippen LogP contribution in [0.4, 0.5) is 0 Å². The molecule has 3 heterocycles. The molecule has 1 N–H and O–H groups in total. The summed E-state index contributed by atoms with van der Waals surface area (Å²) in [5, 5.41) is 10.6. The molecule has 0 saturated carbocycles. The van der Waals surface area contributed by atoms with Gasteiger partial charge in [-0.05, 0) is 31.4 Å². The van der Waals surface area contributed by atoms with Gasteiger partial charge < -0.3 is 14.3 Å². The van der Waals surface area contributed by atoms with E-state index < -0.39 is 18.0 Å². The van der Waals surface area contributed by atoms with E-state index in [1.165, 1.54) is 29.4 Å². The smallest absolute Gasteiger partial charge is 0.353 e. The molecule has 1 aromatic carbocycles. The zero-order valence-electron chi connectivity index (χ0n) is 16.3. The number of fused-ring (bicyclic) bond motifs is 1. The minimum Gasteiger partial charge on any atom is -0.437 e. The first-order chi connectivity index (χ1) is 13.5. The van der Waals surface area contributed by atoms with Crippen LogP contribution in [0.3, 0.4) is 0 Å². The molecule has 6 nitrogen and oxygen atoms in total. The number of hydrogen-bond acceptors (Lipinski definition) is 5. The molecule has 1 saturated heterocycles. The molecule has 2 aromatic heterocycles. The Bertz CT molecular complexity index is 996. The zero-order chi connectivity index (χ0) is 19.7. The summed E-state index contributed by atoms with van der Waals surface area (Å²) in [7, 11) is 0. The highest BCUT2D eigenvalue weighted by molar-refractivity contribution is 5.79. The number of aliphatic hydroxyl groups excluding tert-OH is 1. The highest BCUT2D eigenvalue weighted by atomic mass is 16.5. The molecule has 0 amide bonds. The standard InChI is InChI=1S/C22H26N2O4/c1-3-4-5-6-15-7-9-16(10-8-15)19-11-17-13-24(22(26)23-21(17)28-19)20-12-18(25)14(2)27-20/h7-11,13-14,18,20,25H,3-6,12H2,1-2H3/t14?,18-,20?/m1/s1. The van der Waals surface area contributed by atoms with Crippen molar-refractivity contribution in [2.45, 2.75) is 64.4 Å². The fourth-order valence-electron chi connectivity index (χ4n) is 3.66. The van der Waals surface area contributed by atoms with E-state index in [2.05, 4.69) is 24.0 Å². The highest BCUT2D eigenvalue weighted by Gasteiger charge is 2.32. The number of aryl methyl sites for hydroxylation is 1. The molecule has 3 aromatic rings. The quantitative estimate of drug-likeness (QED) is 0.651. The first kappa shape index (κ1) is 18.9. The molecule has 1 fully saturated rings. The van der Waals surface area contributed by atoms with Crippen molar-refractivity contribution in [1.29, 1.82) is 0 Å². The third-order valence-corrected chi connectivity index (χ3v) is 5.41. The Labute approximate surface area is 163 Å². The average molecular weight is 382 g/mol. The van der Waals surface area contributed by atoms with Gasteiger partial charge in [-0.15, -0.1) is 0 Å². The van der Waals surface area contributed by atoms with E-state index in [1.807, 2.05) is 18.2 Å². The molecule has 1 aliphatic rings. The number of unbranched alkanes of at least 4 members (excludes halogenated alkanes) is 2. The van der Waals surface area contributed by atoms with E-state index in [-0.39, 0.29) is 6.10 Å². The highest BCUT2D eigenvalue weighted by Crippen LogP contribution is 2.30. The number of rotatable bonds is 6. The lowest BCUT2D eigenvalue weighted by molar-refractivity contribution is -0.00984. The molecule has 0 spiro atoms. The third kappa shape index (κ3) is 3.75. The Balaban J connectivity index is 1.59. The molecular formula is C22H26N2O4. The molecule has 6 heteroatoms. The van der Waals surface area contributed by atoms with Crippen LogP contribution < -0.4 is 5.69 Å². The van der Waals surface area contributed by atoms with E-state index in [0.29, 0.717) is 17.9 Å². The van der Waals surface area contributed by atoms with E-state index >= 15 is 0 Å². The van der Waals surface area contributed by atoms with Crippen molar-refractivity contribution in [3.63, 3.8) is 0 Å². The van der Waals surface area contributed by atoms with Gasteiger partial charge in [-0.1, -0.05) is 44.0 Å². The van der Waals surface area contributed by atoms with Crippen molar-refractivity contribution >= 4 is 11.1 Å². The normalized spacial score (nSPS) is 22.2. The predicted octanol–water partition coefficient (Wildman–Crippen LogP) is 4.06. The van der Waals surface area contributed by atoms with Crippen LogP contribution in [0.15, 0.2) is 45.7 Å². The van der Waals surface area contributed by atoms with Crippen LogP contribution in [0.25, 0.3) is 22.4 Å². The molecule has 148 valence electrons. The lowest BCUT2D eigenvalue weighted by Gasteiger charge is -2.12. The Hall–Kier alpha value is -2.44. The summed E-state index contributed by atoms with van der Waals surface area (Å²) in [4.78, 5) is 16.4. The summed E-state index contributed by atoms with van der Waals surface area (Å²) in [6, 6.07) is 10.2. The van der Waals surface area contributed by atoms with Crippen molar-refractivity contribution in [3.05, 3.63) is 52.6 Å².